The molecule has 0 bridgehead atoms. The molecule has 0 fully saturated rings. The number of fused-ring (bicyclic) bond motifs is 1. The number of aromatic nitrogens is 2. The summed E-state index contributed by atoms with van der Waals surface area (Å²) in [5.41, 5.74) is 1.93. The van der Waals surface area contributed by atoms with Crippen molar-refractivity contribution in [1.29, 1.82) is 0 Å². The smallest absolute Gasteiger partial charge is 0.237 e. The largest absolute Gasteiger partial charge is 0.325 e. The van der Waals surface area contributed by atoms with E-state index < -0.39 is 0 Å². The first-order chi connectivity index (χ1) is 13.6. The van der Waals surface area contributed by atoms with Crippen LogP contribution in [0.2, 0.25) is 0 Å². The molecule has 4 rings (SSSR count). The molecule has 0 saturated carbocycles. The predicted molar refractivity (Wildman–Crippen MR) is 121 cm³/mol. The average Bonchev–Trinajstić information content (AvgIpc) is 3.16. The maximum Gasteiger partial charge on any atom is 0.237 e. The van der Waals surface area contributed by atoms with Crippen molar-refractivity contribution in [2.24, 2.45) is 0 Å². The van der Waals surface area contributed by atoms with Gasteiger partial charge < -0.3 is 5.32 Å². The Balaban J connectivity index is 1.54. The summed E-state index contributed by atoms with van der Waals surface area (Å²) < 4.78 is 0.975. The van der Waals surface area contributed by atoms with Crippen molar-refractivity contribution < 1.29 is 4.79 Å². The molecule has 28 heavy (non-hydrogen) atoms. The monoisotopic (exact) mass is 469 g/mol. The number of carbonyl (C=O) groups excluding carboxylic acids is 1. The predicted octanol–water partition coefficient (Wildman–Crippen LogP) is 6.24. The van der Waals surface area contributed by atoms with Crippen LogP contribution < -0.4 is 5.32 Å². The number of halogens is 1. The second-order valence-corrected chi connectivity index (χ2v) is 9.41. The van der Waals surface area contributed by atoms with Gasteiger partial charge in [-0.1, -0.05) is 58.0 Å². The van der Waals surface area contributed by atoms with Gasteiger partial charge >= 0.3 is 0 Å². The molecular formula is C21H16BrN3OS2. The molecule has 2 heterocycles. The highest BCUT2D eigenvalue weighted by Crippen LogP contribution is 2.37. The van der Waals surface area contributed by atoms with Crippen molar-refractivity contribution in [2.45, 2.75) is 17.2 Å². The molecule has 2 aromatic carbocycles. The number of rotatable bonds is 5. The number of anilines is 1. The number of thioether (sulfide) groups is 1. The van der Waals surface area contributed by atoms with Crippen LogP contribution in [0.3, 0.4) is 0 Å². The van der Waals surface area contributed by atoms with Crippen LogP contribution in [0.15, 0.2) is 76.5 Å². The highest BCUT2D eigenvalue weighted by molar-refractivity contribution is 9.10. The number of thiophene rings is 1. The van der Waals surface area contributed by atoms with E-state index >= 15 is 0 Å². The lowest BCUT2D eigenvalue weighted by molar-refractivity contribution is -0.115. The molecule has 2 aromatic heterocycles. The third-order valence-electron chi connectivity index (χ3n) is 4.12. The Hall–Kier alpha value is -2.22. The van der Waals surface area contributed by atoms with E-state index in [9.17, 15) is 4.79 Å². The Morgan fingerprint density at radius 2 is 1.86 bits per heavy atom. The first-order valence-electron chi connectivity index (χ1n) is 8.63. The summed E-state index contributed by atoms with van der Waals surface area (Å²) in [4.78, 5) is 23.5. The fourth-order valence-corrected chi connectivity index (χ4v) is 4.90. The molecule has 4 aromatic rings. The molecule has 1 atom stereocenters. The van der Waals surface area contributed by atoms with Crippen molar-refractivity contribution in [2.75, 3.05) is 5.32 Å². The molecule has 140 valence electrons. The molecule has 0 aliphatic heterocycles. The van der Waals surface area contributed by atoms with E-state index in [4.69, 9.17) is 0 Å². The van der Waals surface area contributed by atoms with E-state index in [-0.39, 0.29) is 11.2 Å². The van der Waals surface area contributed by atoms with E-state index in [0.717, 1.165) is 35.8 Å². The number of nitrogens with zero attached hydrogens (tertiary/aromatic N) is 2. The lowest BCUT2D eigenvalue weighted by atomic mass is 10.2. The fourth-order valence-electron chi connectivity index (χ4n) is 2.67. The quantitative estimate of drug-likeness (QED) is 0.277. The molecule has 0 saturated heterocycles. The van der Waals surface area contributed by atoms with Gasteiger partial charge in [0, 0.05) is 20.4 Å². The lowest BCUT2D eigenvalue weighted by Crippen LogP contribution is -2.22. The van der Waals surface area contributed by atoms with Crippen molar-refractivity contribution in [1.82, 2.24) is 9.97 Å². The molecule has 1 unspecified atom stereocenters. The number of carbonyl (C=O) groups is 1. The van der Waals surface area contributed by atoms with Crippen LogP contribution >= 0.6 is 39.0 Å². The molecule has 1 amide bonds. The van der Waals surface area contributed by atoms with Crippen LogP contribution in [0.1, 0.15) is 6.92 Å². The van der Waals surface area contributed by atoms with E-state index in [0.29, 0.717) is 0 Å². The minimum absolute atomic E-state index is 0.0578. The van der Waals surface area contributed by atoms with Crippen molar-refractivity contribution in [3.8, 4) is 10.4 Å². The SMILES string of the molecule is CC(Sc1ncnc2sc(-c3ccccc3)cc12)C(=O)Nc1ccc(Br)cc1. The lowest BCUT2D eigenvalue weighted by Gasteiger charge is -2.12. The number of hydrogen-bond acceptors (Lipinski definition) is 5. The Bertz CT molecular complexity index is 1110. The van der Waals surface area contributed by atoms with Crippen molar-refractivity contribution in [3.05, 3.63) is 71.5 Å². The summed E-state index contributed by atoms with van der Waals surface area (Å²) >= 11 is 6.48. The van der Waals surface area contributed by atoms with Gasteiger partial charge in [0.05, 0.1) is 5.25 Å². The summed E-state index contributed by atoms with van der Waals surface area (Å²) in [5.74, 6) is -0.0578. The van der Waals surface area contributed by atoms with Gasteiger partial charge in [-0.2, -0.15) is 0 Å². The summed E-state index contributed by atoms with van der Waals surface area (Å²) in [6, 6.07) is 19.9. The Kier molecular flexibility index (Phi) is 5.75. The molecular weight excluding hydrogens is 454 g/mol. The van der Waals surface area contributed by atoms with Crippen LogP contribution in [-0.2, 0) is 4.79 Å². The first kappa shape index (κ1) is 19.1. The molecule has 0 aliphatic carbocycles. The Labute approximate surface area is 179 Å². The third-order valence-corrected chi connectivity index (χ3v) is 6.86. The molecule has 0 radical (unpaired) electrons. The van der Waals surface area contributed by atoms with E-state index in [1.165, 1.54) is 11.8 Å². The first-order valence-corrected chi connectivity index (χ1v) is 11.1. The normalized spacial score (nSPS) is 12.1. The average molecular weight is 470 g/mol. The summed E-state index contributed by atoms with van der Waals surface area (Å²) in [5, 5.41) is 4.46. The van der Waals surface area contributed by atoms with Crippen LogP contribution in [0, 0.1) is 0 Å². The molecule has 7 heteroatoms. The van der Waals surface area contributed by atoms with Gasteiger partial charge in [-0.3, -0.25) is 4.79 Å². The van der Waals surface area contributed by atoms with Crippen LogP contribution in [-0.4, -0.2) is 21.1 Å². The minimum Gasteiger partial charge on any atom is -0.325 e. The standard InChI is InChI=1S/C21H16BrN3OS2/c1-13(19(26)25-16-9-7-15(22)8-10-16)27-20-17-11-18(14-5-3-2-4-6-14)28-21(17)24-12-23-20/h2-13H,1H3,(H,25,26). The molecule has 4 nitrogen and oxygen atoms in total. The minimum atomic E-state index is -0.290. The van der Waals surface area contributed by atoms with Gasteiger partial charge in [0.15, 0.2) is 0 Å². The number of hydrogen-bond donors (Lipinski definition) is 1. The summed E-state index contributed by atoms with van der Waals surface area (Å²) in [6.45, 7) is 1.89. The Morgan fingerprint density at radius 3 is 2.61 bits per heavy atom. The summed E-state index contributed by atoms with van der Waals surface area (Å²) in [6.07, 6.45) is 1.56. The highest BCUT2D eigenvalue weighted by atomic mass is 79.9. The number of nitrogens with one attached hydrogen (secondary N) is 1. The highest BCUT2D eigenvalue weighted by Gasteiger charge is 2.18. The third kappa shape index (κ3) is 4.27. The van der Waals surface area contributed by atoms with E-state index in [1.807, 2.05) is 49.4 Å². The Morgan fingerprint density at radius 1 is 1.11 bits per heavy atom. The van der Waals surface area contributed by atoms with Crippen LogP contribution in [0.25, 0.3) is 20.7 Å². The zero-order valence-corrected chi connectivity index (χ0v) is 18.1. The number of benzene rings is 2. The van der Waals surface area contributed by atoms with Gasteiger partial charge in [0.25, 0.3) is 0 Å². The summed E-state index contributed by atoms with van der Waals surface area (Å²) in [7, 11) is 0. The van der Waals surface area contributed by atoms with Gasteiger partial charge in [-0.25, -0.2) is 9.97 Å². The molecule has 0 aliphatic rings. The zero-order chi connectivity index (χ0) is 19.5. The maximum absolute atomic E-state index is 12.6. The van der Waals surface area contributed by atoms with Crippen LogP contribution in [0.5, 0.6) is 0 Å². The second-order valence-electron chi connectivity index (χ2n) is 6.13. The van der Waals surface area contributed by atoms with Crippen molar-refractivity contribution >= 4 is 60.8 Å². The molecule has 0 spiro atoms. The van der Waals surface area contributed by atoms with E-state index in [2.05, 4.69) is 49.4 Å². The number of amides is 1. The maximum atomic E-state index is 12.6. The fraction of sp³-hybridized carbons (Fsp3) is 0.0952. The zero-order valence-electron chi connectivity index (χ0n) is 14.9. The van der Waals surface area contributed by atoms with Gasteiger partial charge in [0.2, 0.25) is 5.91 Å². The van der Waals surface area contributed by atoms with Crippen LogP contribution in [0.4, 0.5) is 5.69 Å². The second kappa shape index (κ2) is 8.43. The molecule has 1 N–H and O–H groups in total. The van der Waals surface area contributed by atoms with E-state index in [1.54, 1.807) is 17.7 Å². The van der Waals surface area contributed by atoms with Crippen molar-refractivity contribution in [3.63, 3.8) is 0 Å². The van der Waals surface area contributed by atoms with Gasteiger partial charge in [0.1, 0.15) is 16.2 Å². The van der Waals surface area contributed by atoms with Gasteiger partial charge in [-0.15, -0.1) is 11.3 Å². The topological polar surface area (TPSA) is 54.9 Å². The van der Waals surface area contributed by atoms with Gasteiger partial charge in [-0.05, 0) is 42.8 Å².